The zero-order chi connectivity index (χ0) is 14.0. The fraction of sp³-hybridized carbons (Fsp3) is 0.385. The second-order valence-corrected chi connectivity index (χ2v) is 4.53. The number of hydrogen-bond acceptors (Lipinski definition) is 4. The maximum absolute atomic E-state index is 11.9. The molecule has 1 atom stereocenters. The predicted molar refractivity (Wildman–Crippen MR) is 72.2 cm³/mol. The van der Waals surface area contributed by atoms with Crippen LogP contribution in [0.3, 0.4) is 0 Å². The minimum atomic E-state index is -0.192. The standard InChI is InChI=1S/C13H17N3O3/c1-8(17)15-11-4-3-10(19-2)6-12(11)16-7-9(14)5-13(16)18/h3-4,6,9H,5,7,14H2,1-2H3,(H,15,17). The van der Waals surface area contributed by atoms with E-state index in [1.165, 1.54) is 6.92 Å². The Kier molecular flexibility index (Phi) is 3.71. The van der Waals surface area contributed by atoms with Gasteiger partial charge in [0, 0.05) is 32.0 Å². The fourth-order valence-corrected chi connectivity index (χ4v) is 2.13. The fourth-order valence-electron chi connectivity index (χ4n) is 2.13. The summed E-state index contributed by atoms with van der Waals surface area (Å²) in [5.41, 5.74) is 6.99. The largest absolute Gasteiger partial charge is 0.497 e. The Morgan fingerprint density at radius 2 is 2.26 bits per heavy atom. The van der Waals surface area contributed by atoms with Crippen molar-refractivity contribution in [2.45, 2.75) is 19.4 Å². The van der Waals surface area contributed by atoms with Crippen LogP contribution in [-0.4, -0.2) is 31.5 Å². The number of methoxy groups -OCH3 is 1. The summed E-state index contributed by atoms with van der Waals surface area (Å²) in [4.78, 5) is 24.7. The van der Waals surface area contributed by atoms with Gasteiger partial charge >= 0.3 is 0 Å². The van der Waals surface area contributed by atoms with Crippen molar-refractivity contribution in [3.05, 3.63) is 18.2 Å². The Hall–Kier alpha value is -2.08. The van der Waals surface area contributed by atoms with E-state index in [9.17, 15) is 9.59 Å². The minimum absolute atomic E-state index is 0.0487. The molecule has 1 unspecified atom stereocenters. The number of rotatable bonds is 3. The van der Waals surface area contributed by atoms with Gasteiger partial charge in [-0.2, -0.15) is 0 Å². The van der Waals surface area contributed by atoms with E-state index in [2.05, 4.69) is 5.32 Å². The Labute approximate surface area is 111 Å². The Bertz CT molecular complexity index is 516. The number of anilines is 2. The first-order chi connectivity index (χ1) is 9.01. The van der Waals surface area contributed by atoms with Gasteiger partial charge in [-0.3, -0.25) is 9.59 Å². The van der Waals surface area contributed by atoms with Crippen LogP contribution in [-0.2, 0) is 9.59 Å². The molecule has 0 spiro atoms. The zero-order valence-corrected chi connectivity index (χ0v) is 11.0. The highest BCUT2D eigenvalue weighted by atomic mass is 16.5. The zero-order valence-electron chi connectivity index (χ0n) is 11.0. The third kappa shape index (κ3) is 2.85. The summed E-state index contributed by atoms with van der Waals surface area (Å²) in [7, 11) is 1.55. The van der Waals surface area contributed by atoms with Crippen LogP contribution in [0.4, 0.5) is 11.4 Å². The van der Waals surface area contributed by atoms with E-state index in [0.717, 1.165) is 0 Å². The average Bonchev–Trinajstić information content (AvgIpc) is 2.68. The molecule has 2 amide bonds. The van der Waals surface area contributed by atoms with Gasteiger partial charge in [0.25, 0.3) is 0 Å². The Balaban J connectivity index is 2.40. The summed E-state index contributed by atoms with van der Waals surface area (Å²) in [5, 5.41) is 2.71. The third-order valence-corrected chi connectivity index (χ3v) is 2.96. The summed E-state index contributed by atoms with van der Waals surface area (Å²) in [6, 6.07) is 4.99. The maximum Gasteiger partial charge on any atom is 0.228 e. The monoisotopic (exact) mass is 263 g/mol. The first kappa shape index (κ1) is 13.4. The van der Waals surface area contributed by atoms with Crippen molar-refractivity contribution in [3.63, 3.8) is 0 Å². The molecule has 6 heteroatoms. The van der Waals surface area contributed by atoms with Gasteiger partial charge in [-0.25, -0.2) is 0 Å². The van der Waals surface area contributed by atoms with Crippen molar-refractivity contribution >= 4 is 23.2 Å². The van der Waals surface area contributed by atoms with Gasteiger partial charge in [-0.1, -0.05) is 0 Å². The van der Waals surface area contributed by atoms with Gasteiger partial charge < -0.3 is 20.7 Å². The number of carbonyl (C=O) groups excluding carboxylic acids is 2. The second kappa shape index (κ2) is 5.27. The van der Waals surface area contributed by atoms with E-state index in [1.54, 1.807) is 30.2 Å². The lowest BCUT2D eigenvalue weighted by atomic mass is 10.2. The van der Waals surface area contributed by atoms with Crippen LogP contribution in [0.25, 0.3) is 0 Å². The number of carbonyl (C=O) groups is 2. The number of ether oxygens (including phenoxy) is 1. The van der Waals surface area contributed by atoms with Gasteiger partial charge in [-0.15, -0.1) is 0 Å². The summed E-state index contributed by atoms with van der Waals surface area (Å²) < 4.78 is 5.15. The summed E-state index contributed by atoms with van der Waals surface area (Å²) in [6.45, 7) is 1.87. The molecule has 3 N–H and O–H groups in total. The lowest BCUT2D eigenvalue weighted by Gasteiger charge is -2.20. The number of benzene rings is 1. The number of nitrogens with one attached hydrogen (secondary N) is 1. The molecule has 102 valence electrons. The molecule has 0 saturated carbocycles. The molecule has 1 saturated heterocycles. The number of hydrogen-bond donors (Lipinski definition) is 2. The first-order valence-corrected chi connectivity index (χ1v) is 6.03. The molecule has 6 nitrogen and oxygen atoms in total. The summed E-state index contributed by atoms with van der Waals surface area (Å²) >= 11 is 0. The molecule has 0 aromatic heterocycles. The van der Waals surface area contributed by atoms with E-state index < -0.39 is 0 Å². The molecule has 2 rings (SSSR count). The smallest absolute Gasteiger partial charge is 0.228 e. The van der Waals surface area contributed by atoms with Crippen LogP contribution in [0.15, 0.2) is 18.2 Å². The molecule has 0 bridgehead atoms. The highest BCUT2D eigenvalue weighted by Crippen LogP contribution is 2.33. The topological polar surface area (TPSA) is 84.7 Å². The number of amides is 2. The van der Waals surface area contributed by atoms with Crippen LogP contribution in [0, 0.1) is 0 Å². The van der Waals surface area contributed by atoms with Crippen molar-refractivity contribution in [3.8, 4) is 5.75 Å². The van der Waals surface area contributed by atoms with Gasteiger partial charge in [0.05, 0.1) is 18.5 Å². The van der Waals surface area contributed by atoms with Crippen LogP contribution in [0.2, 0.25) is 0 Å². The minimum Gasteiger partial charge on any atom is -0.497 e. The lowest BCUT2D eigenvalue weighted by molar-refractivity contribution is -0.117. The van der Waals surface area contributed by atoms with E-state index in [4.69, 9.17) is 10.5 Å². The molecule has 1 aromatic rings. The van der Waals surface area contributed by atoms with E-state index in [-0.39, 0.29) is 17.9 Å². The van der Waals surface area contributed by atoms with Gasteiger partial charge in [0.2, 0.25) is 11.8 Å². The molecule has 0 radical (unpaired) electrons. The highest BCUT2D eigenvalue weighted by Gasteiger charge is 2.30. The molecule has 1 aliphatic rings. The van der Waals surface area contributed by atoms with Crippen LogP contribution < -0.4 is 20.7 Å². The van der Waals surface area contributed by atoms with Crippen molar-refractivity contribution < 1.29 is 14.3 Å². The van der Waals surface area contributed by atoms with Crippen molar-refractivity contribution in [2.24, 2.45) is 5.73 Å². The number of nitrogens with zero attached hydrogens (tertiary/aromatic N) is 1. The Morgan fingerprint density at radius 3 is 2.79 bits per heavy atom. The van der Waals surface area contributed by atoms with Gasteiger partial charge in [-0.05, 0) is 12.1 Å². The quantitative estimate of drug-likeness (QED) is 0.841. The molecular formula is C13H17N3O3. The summed E-state index contributed by atoms with van der Waals surface area (Å²) in [6.07, 6.45) is 0.316. The highest BCUT2D eigenvalue weighted by molar-refractivity contribution is 6.02. The van der Waals surface area contributed by atoms with Gasteiger partial charge in [0.1, 0.15) is 5.75 Å². The molecule has 1 fully saturated rings. The van der Waals surface area contributed by atoms with Gasteiger partial charge in [0.15, 0.2) is 0 Å². The third-order valence-electron chi connectivity index (χ3n) is 2.96. The van der Waals surface area contributed by atoms with Crippen molar-refractivity contribution in [2.75, 3.05) is 23.9 Å². The van der Waals surface area contributed by atoms with E-state index >= 15 is 0 Å². The van der Waals surface area contributed by atoms with Crippen LogP contribution in [0.5, 0.6) is 5.75 Å². The molecule has 1 heterocycles. The average molecular weight is 263 g/mol. The molecular weight excluding hydrogens is 246 g/mol. The Morgan fingerprint density at radius 1 is 1.53 bits per heavy atom. The van der Waals surface area contributed by atoms with Crippen molar-refractivity contribution in [1.29, 1.82) is 0 Å². The maximum atomic E-state index is 11.9. The normalized spacial score (nSPS) is 18.6. The van der Waals surface area contributed by atoms with Crippen molar-refractivity contribution in [1.82, 2.24) is 0 Å². The predicted octanol–water partition coefficient (Wildman–Crippen LogP) is 0.718. The molecule has 0 aliphatic carbocycles. The van der Waals surface area contributed by atoms with Crippen LogP contribution in [0.1, 0.15) is 13.3 Å². The summed E-state index contributed by atoms with van der Waals surface area (Å²) in [5.74, 6) is 0.382. The van der Waals surface area contributed by atoms with Crippen LogP contribution >= 0.6 is 0 Å². The molecule has 1 aromatic carbocycles. The lowest BCUT2D eigenvalue weighted by Crippen LogP contribution is -2.29. The number of nitrogens with two attached hydrogens (primary N) is 1. The van der Waals surface area contributed by atoms with E-state index in [0.29, 0.717) is 30.1 Å². The molecule has 1 aliphatic heterocycles. The SMILES string of the molecule is COc1ccc(NC(C)=O)c(N2CC(N)CC2=O)c1. The second-order valence-electron chi connectivity index (χ2n) is 4.53. The van der Waals surface area contributed by atoms with E-state index in [1.807, 2.05) is 0 Å². The first-order valence-electron chi connectivity index (χ1n) is 6.03. The molecule has 19 heavy (non-hydrogen) atoms.